The van der Waals surface area contributed by atoms with Crippen LogP contribution in [0.3, 0.4) is 0 Å². The van der Waals surface area contributed by atoms with Gasteiger partial charge in [-0.1, -0.05) is 88.0 Å². The molecule has 0 rings (SSSR count). The smallest absolute Gasteiger partial charge is 0.416 e. The molecule has 0 saturated heterocycles. The maximum Gasteiger partial charge on any atom is 0.469 e. The Bertz CT molecular complexity index is 542. The predicted molar refractivity (Wildman–Crippen MR) is 188 cm³/mol. The fourth-order valence-electron chi connectivity index (χ4n) is 6.22. The van der Waals surface area contributed by atoms with Gasteiger partial charge in [0.05, 0.1) is 0 Å². The summed E-state index contributed by atoms with van der Waals surface area (Å²) in [6.07, 6.45) is 6.07. The Balaban J connectivity index is 5.98. The van der Waals surface area contributed by atoms with Crippen LogP contribution in [0.5, 0.6) is 0 Å². The Morgan fingerprint density at radius 3 is 0.925 bits per heavy atom. The summed E-state index contributed by atoms with van der Waals surface area (Å²) in [5, 5.41) is 0. The molecule has 242 valence electrons. The van der Waals surface area contributed by atoms with Gasteiger partial charge in [0.25, 0.3) is 0 Å². The molecular weight excluding hydrogens is 581 g/mol. The van der Waals surface area contributed by atoms with Crippen LogP contribution in [0.4, 0.5) is 0 Å². The Morgan fingerprint density at radius 2 is 0.650 bits per heavy atom. The molecule has 0 unspecified atom stereocenters. The van der Waals surface area contributed by atoms with Gasteiger partial charge in [-0.25, -0.2) is 0 Å². The van der Waals surface area contributed by atoms with E-state index in [1.807, 2.05) is 0 Å². The van der Waals surface area contributed by atoms with E-state index in [9.17, 15) is 0 Å². The zero-order valence-electron chi connectivity index (χ0n) is 29.3. The SMILES string of the molecule is CCO[Si](C)(CCCCCCC[Si](O[Si](CC)(CC)CC)(O[Si](CC)(CC)CC)O[Si](CC)(CC)CC)OCC. The van der Waals surface area contributed by atoms with Crippen molar-refractivity contribution in [1.82, 2.24) is 0 Å². The highest BCUT2D eigenvalue weighted by Crippen LogP contribution is 2.39. The molecule has 0 aliphatic rings. The van der Waals surface area contributed by atoms with E-state index in [0.717, 1.165) is 86.1 Å². The van der Waals surface area contributed by atoms with Crippen molar-refractivity contribution in [1.29, 1.82) is 0 Å². The third kappa shape index (κ3) is 12.9. The van der Waals surface area contributed by atoms with Gasteiger partial charge in [-0.05, 0) is 87.3 Å². The Labute approximate surface area is 257 Å². The topological polar surface area (TPSA) is 46.2 Å². The monoisotopic (exact) mass is 652 g/mol. The van der Waals surface area contributed by atoms with Crippen molar-refractivity contribution in [2.45, 2.75) is 181 Å². The van der Waals surface area contributed by atoms with Gasteiger partial charge in [-0.3, -0.25) is 0 Å². The number of unbranched alkanes of at least 4 members (excludes halogenated alkanes) is 4. The average Bonchev–Trinajstić information content (AvgIpc) is 2.97. The summed E-state index contributed by atoms with van der Waals surface area (Å²) in [4.78, 5) is 0. The van der Waals surface area contributed by atoms with Crippen molar-refractivity contribution in [3.05, 3.63) is 0 Å². The fraction of sp³-hybridized carbons (Fsp3) is 1.00. The molecule has 0 radical (unpaired) electrons. The predicted octanol–water partition coefficient (Wildman–Crippen LogP) is 11.1. The third-order valence-electron chi connectivity index (χ3n) is 9.93. The largest absolute Gasteiger partial charge is 0.469 e. The normalized spacial score (nSPS) is 13.8. The molecule has 0 spiro atoms. The Morgan fingerprint density at radius 1 is 0.375 bits per heavy atom. The minimum atomic E-state index is -2.86. The van der Waals surface area contributed by atoms with Crippen LogP contribution in [-0.4, -0.2) is 55.5 Å². The maximum absolute atomic E-state index is 7.60. The molecule has 5 nitrogen and oxygen atoms in total. The Hall–Kier alpha value is 0.884. The van der Waals surface area contributed by atoms with Crippen molar-refractivity contribution in [2.24, 2.45) is 0 Å². The minimum Gasteiger partial charge on any atom is -0.416 e. The first-order valence-electron chi connectivity index (χ1n) is 17.4. The van der Waals surface area contributed by atoms with Crippen molar-refractivity contribution in [2.75, 3.05) is 13.2 Å². The van der Waals surface area contributed by atoms with Gasteiger partial charge >= 0.3 is 17.4 Å². The van der Waals surface area contributed by atoms with E-state index >= 15 is 0 Å². The molecule has 10 heteroatoms. The van der Waals surface area contributed by atoms with Crippen molar-refractivity contribution >= 4 is 42.3 Å². The van der Waals surface area contributed by atoms with Gasteiger partial charge in [-0.15, -0.1) is 0 Å². The van der Waals surface area contributed by atoms with E-state index < -0.39 is 42.3 Å². The quantitative estimate of drug-likeness (QED) is 0.0652. The average molecular weight is 653 g/mol. The summed E-state index contributed by atoms with van der Waals surface area (Å²) in [7, 11) is -10.6. The van der Waals surface area contributed by atoms with Gasteiger partial charge in [0.1, 0.15) is 0 Å². The molecular formula is C30H72O5Si5. The summed E-state index contributed by atoms with van der Waals surface area (Å²) in [5.74, 6) is 0. The lowest BCUT2D eigenvalue weighted by Crippen LogP contribution is -2.64. The zero-order chi connectivity index (χ0) is 30.8. The first-order valence-corrected chi connectivity index (χ1v) is 29.4. The lowest BCUT2D eigenvalue weighted by molar-refractivity contribution is 0.188. The zero-order valence-corrected chi connectivity index (χ0v) is 34.3. The lowest BCUT2D eigenvalue weighted by atomic mass is 10.2. The first kappa shape index (κ1) is 40.9. The van der Waals surface area contributed by atoms with Crippen LogP contribution in [0.15, 0.2) is 0 Å². The highest BCUT2D eigenvalue weighted by Gasteiger charge is 2.54. The van der Waals surface area contributed by atoms with Gasteiger partial charge < -0.3 is 21.2 Å². The molecule has 0 saturated carbocycles. The minimum absolute atomic E-state index is 0.754. The van der Waals surface area contributed by atoms with Crippen LogP contribution >= 0.6 is 0 Å². The van der Waals surface area contributed by atoms with Gasteiger partial charge in [0.2, 0.25) is 0 Å². The summed E-state index contributed by atoms with van der Waals surface area (Å²) >= 11 is 0. The van der Waals surface area contributed by atoms with E-state index in [0.29, 0.717) is 0 Å². The summed E-state index contributed by atoms with van der Waals surface area (Å²) in [5.41, 5.74) is 0. The number of hydrogen-bond acceptors (Lipinski definition) is 5. The summed E-state index contributed by atoms with van der Waals surface area (Å²) < 4.78 is 34.9. The molecule has 0 heterocycles. The number of hydrogen-bond donors (Lipinski definition) is 0. The molecule has 40 heavy (non-hydrogen) atoms. The Kier molecular flexibility index (Phi) is 21.2. The molecule has 0 amide bonds. The van der Waals surface area contributed by atoms with E-state index in [-0.39, 0.29) is 0 Å². The molecule has 0 atom stereocenters. The third-order valence-corrected chi connectivity index (χ3v) is 34.5. The molecule has 0 aliphatic carbocycles. The number of rotatable bonds is 27. The maximum atomic E-state index is 7.60. The fourth-order valence-corrected chi connectivity index (χ4v) is 29.9. The molecule has 0 bridgehead atoms. The standard InChI is InChI=1S/C30H72O5Si5/c1-13-31-36(12,32-14-2)29-27-25-24-26-28-30-40(33-37(15-3,16-4)17-5,34-38(18-6,19-7)20-8)35-39(21-9,22-10)23-11/h13-30H2,1-12H3. The molecule has 0 aromatic rings. The molecule has 0 aromatic carbocycles. The van der Waals surface area contributed by atoms with Gasteiger partial charge in [0.15, 0.2) is 25.0 Å². The van der Waals surface area contributed by atoms with Gasteiger partial charge in [0, 0.05) is 19.3 Å². The second-order valence-electron chi connectivity index (χ2n) is 12.0. The van der Waals surface area contributed by atoms with Crippen LogP contribution < -0.4 is 0 Å². The van der Waals surface area contributed by atoms with E-state index in [4.69, 9.17) is 21.2 Å². The highest BCUT2D eigenvalue weighted by atomic mass is 28.5. The van der Waals surface area contributed by atoms with Gasteiger partial charge in [-0.2, -0.15) is 0 Å². The van der Waals surface area contributed by atoms with Crippen molar-refractivity contribution in [3.63, 3.8) is 0 Å². The molecule has 0 N–H and O–H groups in total. The van der Waals surface area contributed by atoms with E-state index in [1.54, 1.807) is 0 Å². The van der Waals surface area contributed by atoms with Crippen LogP contribution in [0.2, 0.25) is 73.0 Å². The van der Waals surface area contributed by atoms with E-state index in [2.05, 4.69) is 82.7 Å². The summed E-state index contributed by atoms with van der Waals surface area (Å²) in [6.45, 7) is 29.1. The molecule has 0 aromatic heterocycles. The van der Waals surface area contributed by atoms with Crippen molar-refractivity contribution in [3.8, 4) is 0 Å². The molecule has 0 aliphatic heterocycles. The highest BCUT2D eigenvalue weighted by molar-refractivity contribution is 6.92. The second kappa shape index (κ2) is 20.8. The van der Waals surface area contributed by atoms with Crippen molar-refractivity contribution < 1.29 is 21.2 Å². The summed E-state index contributed by atoms with van der Waals surface area (Å²) in [6, 6.07) is 12.5. The second-order valence-corrected chi connectivity index (χ2v) is 33.1. The van der Waals surface area contributed by atoms with Crippen LogP contribution in [0.25, 0.3) is 0 Å². The van der Waals surface area contributed by atoms with Crippen LogP contribution in [0.1, 0.15) is 108 Å². The molecule has 0 fully saturated rings. The lowest BCUT2D eigenvalue weighted by Gasteiger charge is -2.48. The first-order chi connectivity index (χ1) is 19.0. The van der Waals surface area contributed by atoms with E-state index in [1.165, 1.54) is 25.7 Å². The van der Waals surface area contributed by atoms with Crippen LogP contribution in [0, 0.1) is 0 Å². The van der Waals surface area contributed by atoms with Crippen LogP contribution in [-0.2, 0) is 21.2 Å².